The smallest absolute Gasteiger partial charge is 0.222 e. The van der Waals surface area contributed by atoms with Crippen LogP contribution >= 0.6 is 0 Å². The average molecular weight is 354 g/mol. The SMILES string of the molecule is CCOc1ccc(Cn2c(O)c(N=O)c3ccc(C)c(C)c32)cc1OC. The van der Waals surface area contributed by atoms with Crippen molar-refractivity contribution in [2.75, 3.05) is 13.7 Å². The number of nitrogens with zero attached hydrogens (tertiary/aromatic N) is 2. The van der Waals surface area contributed by atoms with E-state index in [9.17, 15) is 10.0 Å². The van der Waals surface area contributed by atoms with Crippen LogP contribution in [-0.2, 0) is 6.54 Å². The van der Waals surface area contributed by atoms with Crippen LogP contribution in [0.25, 0.3) is 10.9 Å². The van der Waals surface area contributed by atoms with E-state index in [0.717, 1.165) is 22.2 Å². The molecule has 0 saturated heterocycles. The van der Waals surface area contributed by atoms with Gasteiger partial charge in [0.2, 0.25) is 5.88 Å². The van der Waals surface area contributed by atoms with Crippen LogP contribution in [0.1, 0.15) is 23.6 Å². The summed E-state index contributed by atoms with van der Waals surface area (Å²) in [4.78, 5) is 11.3. The van der Waals surface area contributed by atoms with Crippen molar-refractivity contribution in [2.24, 2.45) is 5.18 Å². The zero-order valence-corrected chi connectivity index (χ0v) is 15.4. The molecule has 0 unspecified atom stereocenters. The van der Waals surface area contributed by atoms with Crippen molar-refractivity contribution in [2.45, 2.75) is 27.3 Å². The molecule has 0 amide bonds. The zero-order valence-electron chi connectivity index (χ0n) is 15.4. The van der Waals surface area contributed by atoms with Crippen LogP contribution in [0.2, 0.25) is 0 Å². The molecule has 136 valence electrons. The maximum atomic E-state index is 11.3. The Bertz CT molecular complexity index is 976. The van der Waals surface area contributed by atoms with E-state index in [1.54, 1.807) is 11.7 Å². The lowest BCUT2D eigenvalue weighted by Gasteiger charge is -2.13. The lowest BCUT2D eigenvalue weighted by atomic mass is 10.1. The highest BCUT2D eigenvalue weighted by Crippen LogP contribution is 2.41. The van der Waals surface area contributed by atoms with Gasteiger partial charge in [0, 0.05) is 5.39 Å². The Kier molecular flexibility index (Phi) is 4.84. The van der Waals surface area contributed by atoms with E-state index in [0.29, 0.717) is 30.0 Å². The van der Waals surface area contributed by atoms with Crippen LogP contribution in [0.15, 0.2) is 35.5 Å². The molecule has 0 bridgehead atoms. The summed E-state index contributed by atoms with van der Waals surface area (Å²) in [6.07, 6.45) is 0. The minimum atomic E-state index is -0.128. The molecule has 1 N–H and O–H groups in total. The van der Waals surface area contributed by atoms with Crippen LogP contribution in [-0.4, -0.2) is 23.4 Å². The summed E-state index contributed by atoms with van der Waals surface area (Å²) in [6.45, 7) is 6.81. The largest absolute Gasteiger partial charge is 0.493 e. The molecule has 3 aromatic rings. The summed E-state index contributed by atoms with van der Waals surface area (Å²) in [6, 6.07) is 9.38. The number of ether oxygens (including phenoxy) is 2. The summed E-state index contributed by atoms with van der Waals surface area (Å²) in [5, 5.41) is 14.3. The number of benzene rings is 2. The maximum absolute atomic E-state index is 11.3. The molecule has 2 aromatic carbocycles. The van der Waals surface area contributed by atoms with Crippen LogP contribution < -0.4 is 9.47 Å². The van der Waals surface area contributed by atoms with Crippen molar-refractivity contribution in [3.05, 3.63) is 51.9 Å². The summed E-state index contributed by atoms with van der Waals surface area (Å²) in [5.74, 6) is 1.17. The van der Waals surface area contributed by atoms with Crippen LogP contribution in [0.5, 0.6) is 17.4 Å². The van der Waals surface area contributed by atoms with Crippen molar-refractivity contribution in [3.63, 3.8) is 0 Å². The van der Waals surface area contributed by atoms with E-state index >= 15 is 0 Å². The topological polar surface area (TPSA) is 73.0 Å². The van der Waals surface area contributed by atoms with Crippen molar-refractivity contribution in [1.29, 1.82) is 0 Å². The Labute approximate surface area is 151 Å². The van der Waals surface area contributed by atoms with E-state index in [-0.39, 0.29) is 11.6 Å². The maximum Gasteiger partial charge on any atom is 0.222 e. The number of hydrogen-bond donors (Lipinski definition) is 1. The highest BCUT2D eigenvalue weighted by Gasteiger charge is 2.20. The second kappa shape index (κ2) is 7.07. The molecule has 6 nitrogen and oxygen atoms in total. The number of aryl methyl sites for hydroxylation is 2. The Hall–Kier alpha value is -3.02. The van der Waals surface area contributed by atoms with Gasteiger partial charge < -0.3 is 19.1 Å². The molecule has 0 saturated carbocycles. The second-order valence-corrected chi connectivity index (χ2v) is 6.17. The molecule has 1 heterocycles. The van der Waals surface area contributed by atoms with E-state index in [1.165, 1.54) is 0 Å². The lowest BCUT2D eigenvalue weighted by Crippen LogP contribution is -2.02. The molecule has 0 radical (unpaired) electrons. The number of rotatable bonds is 6. The zero-order chi connectivity index (χ0) is 18.8. The van der Waals surface area contributed by atoms with Crippen molar-refractivity contribution < 1.29 is 14.6 Å². The highest BCUT2D eigenvalue weighted by atomic mass is 16.5. The normalized spacial score (nSPS) is 10.9. The predicted octanol–water partition coefficient (Wildman–Crippen LogP) is 4.82. The van der Waals surface area contributed by atoms with E-state index in [4.69, 9.17) is 9.47 Å². The Balaban J connectivity index is 2.13. The fourth-order valence-electron chi connectivity index (χ4n) is 3.21. The van der Waals surface area contributed by atoms with Crippen LogP contribution in [0, 0.1) is 18.8 Å². The van der Waals surface area contributed by atoms with Gasteiger partial charge in [-0.2, -0.15) is 0 Å². The molecule has 0 aliphatic rings. The number of aromatic hydroxyl groups is 1. The molecule has 1 aromatic heterocycles. The Morgan fingerprint density at radius 2 is 1.92 bits per heavy atom. The third-order valence-corrected chi connectivity index (χ3v) is 4.65. The van der Waals surface area contributed by atoms with Gasteiger partial charge in [0.15, 0.2) is 17.2 Å². The Morgan fingerprint density at radius 3 is 2.58 bits per heavy atom. The molecule has 3 rings (SSSR count). The van der Waals surface area contributed by atoms with Crippen LogP contribution in [0.4, 0.5) is 5.69 Å². The average Bonchev–Trinajstić information content (AvgIpc) is 2.91. The molecule has 0 atom stereocenters. The van der Waals surface area contributed by atoms with Gasteiger partial charge in [-0.3, -0.25) is 0 Å². The molecule has 0 aliphatic carbocycles. The standard InChI is InChI=1S/C20H22N2O4/c1-5-26-16-9-7-14(10-17(16)25-4)11-22-19-13(3)12(2)6-8-15(19)18(21-24)20(22)23/h6-10,23H,5,11H2,1-4H3. The summed E-state index contributed by atoms with van der Waals surface area (Å²) in [5.41, 5.74) is 3.88. The van der Waals surface area contributed by atoms with Crippen LogP contribution in [0.3, 0.4) is 0 Å². The number of hydrogen-bond acceptors (Lipinski definition) is 5. The molecular formula is C20H22N2O4. The summed E-state index contributed by atoms with van der Waals surface area (Å²) < 4.78 is 12.7. The first-order valence-corrected chi connectivity index (χ1v) is 8.46. The fourth-order valence-corrected chi connectivity index (χ4v) is 3.21. The number of methoxy groups -OCH3 is 1. The monoisotopic (exact) mass is 354 g/mol. The van der Waals surface area contributed by atoms with Gasteiger partial charge in [-0.15, -0.1) is 4.91 Å². The second-order valence-electron chi connectivity index (χ2n) is 6.17. The minimum Gasteiger partial charge on any atom is -0.493 e. The number of nitroso groups, excluding NO2 is 1. The van der Waals surface area contributed by atoms with Gasteiger partial charge in [0.25, 0.3) is 0 Å². The molecule has 0 spiro atoms. The molecule has 6 heteroatoms. The fraction of sp³-hybridized carbons (Fsp3) is 0.300. The van der Waals surface area contributed by atoms with Gasteiger partial charge in [-0.25, -0.2) is 0 Å². The van der Waals surface area contributed by atoms with E-state index in [2.05, 4.69) is 5.18 Å². The van der Waals surface area contributed by atoms with Gasteiger partial charge in [-0.1, -0.05) is 18.2 Å². The van der Waals surface area contributed by atoms with Gasteiger partial charge in [-0.05, 0) is 54.8 Å². The van der Waals surface area contributed by atoms with Gasteiger partial charge in [0.05, 0.1) is 25.8 Å². The predicted molar refractivity (Wildman–Crippen MR) is 102 cm³/mol. The van der Waals surface area contributed by atoms with Crippen molar-refractivity contribution in [3.8, 4) is 17.4 Å². The minimum absolute atomic E-state index is 0.0704. The molecule has 26 heavy (non-hydrogen) atoms. The van der Waals surface area contributed by atoms with Crippen molar-refractivity contribution >= 4 is 16.6 Å². The number of aromatic nitrogens is 1. The first-order valence-electron chi connectivity index (χ1n) is 8.46. The van der Waals surface area contributed by atoms with Crippen molar-refractivity contribution in [1.82, 2.24) is 4.57 Å². The first-order chi connectivity index (χ1) is 12.5. The Morgan fingerprint density at radius 1 is 1.15 bits per heavy atom. The molecule has 0 aliphatic heterocycles. The molecule has 0 fully saturated rings. The van der Waals surface area contributed by atoms with E-state index < -0.39 is 0 Å². The first kappa shape index (κ1) is 17.8. The van der Waals surface area contributed by atoms with E-state index in [1.807, 2.05) is 51.1 Å². The third kappa shape index (κ3) is 2.87. The summed E-state index contributed by atoms with van der Waals surface area (Å²) in [7, 11) is 1.59. The molecular weight excluding hydrogens is 332 g/mol. The summed E-state index contributed by atoms with van der Waals surface area (Å²) >= 11 is 0. The van der Waals surface area contributed by atoms with Gasteiger partial charge >= 0.3 is 0 Å². The quantitative estimate of drug-likeness (QED) is 0.644. The third-order valence-electron chi connectivity index (χ3n) is 4.65. The number of fused-ring (bicyclic) bond motifs is 1. The lowest BCUT2D eigenvalue weighted by molar-refractivity contribution is 0.310. The highest BCUT2D eigenvalue weighted by molar-refractivity contribution is 5.97. The van der Waals surface area contributed by atoms with Gasteiger partial charge in [0.1, 0.15) is 0 Å².